The summed E-state index contributed by atoms with van der Waals surface area (Å²) in [6, 6.07) is 0. The van der Waals surface area contributed by atoms with Gasteiger partial charge in [0.05, 0.1) is 12.5 Å². The van der Waals surface area contributed by atoms with E-state index in [1.54, 1.807) is 0 Å². The minimum absolute atomic E-state index is 1.07. The molecular formula is C14H42SSi6. The lowest BCUT2D eigenvalue weighted by Crippen LogP contribution is -2.76. The summed E-state index contributed by atoms with van der Waals surface area (Å²) >= 11 is 0. The summed E-state index contributed by atoms with van der Waals surface area (Å²) in [7, 11) is -1.54. The largest absolute Gasteiger partial charge is 0.217 e. The number of hydrogen-bond donors (Lipinski definition) is 0. The summed E-state index contributed by atoms with van der Waals surface area (Å²) in [6.07, 6.45) is -2.36. The van der Waals surface area contributed by atoms with Crippen LogP contribution in [0.15, 0.2) is 0 Å². The predicted octanol–water partition coefficient (Wildman–Crippen LogP) is 6.54. The first-order chi connectivity index (χ1) is 8.71. The molecule has 0 heterocycles. The van der Waals surface area contributed by atoms with Crippen LogP contribution in [0.3, 0.4) is 0 Å². The van der Waals surface area contributed by atoms with Crippen LogP contribution in [0.2, 0.25) is 91.7 Å². The second kappa shape index (κ2) is 6.18. The first kappa shape index (κ1) is 22.7. The van der Waals surface area contributed by atoms with E-state index in [0.29, 0.717) is 0 Å². The summed E-state index contributed by atoms with van der Waals surface area (Å²) in [5.41, 5.74) is 0. The van der Waals surface area contributed by atoms with Gasteiger partial charge in [0.2, 0.25) is 0 Å². The Balaban J connectivity index is 6.15. The molecule has 0 saturated heterocycles. The van der Waals surface area contributed by atoms with Crippen LogP contribution in [0.1, 0.15) is 0 Å². The molecule has 0 saturated carbocycles. The maximum Gasteiger partial charge on any atom is 0.0904 e. The minimum Gasteiger partial charge on any atom is -0.217 e. The van der Waals surface area contributed by atoms with Crippen LogP contribution in [0.25, 0.3) is 0 Å². The monoisotopic (exact) mass is 410 g/mol. The highest BCUT2D eigenvalue weighted by atomic mass is 32.6. The van der Waals surface area contributed by atoms with E-state index in [1.165, 1.54) is 0 Å². The third-order valence-electron chi connectivity index (χ3n) is 6.13. The van der Waals surface area contributed by atoms with Gasteiger partial charge in [-0.3, -0.25) is 0 Å². The van der Waals surface area contributed by atoms with Crippen molar-refractivity contribution in [1.29, 1.82) is 0 Å². The fraction of sp³-hybridized carbons (Fsp3) is 1.00. The van der Waals surface area contributed by atoms with Crippen molar-refractivity contribution in [3.8, 4) is 0 Å². The molecule has 0 aliphatic heterocycles. The molecule has 0 atom stereocenters. The molecule has 0 unspecified atom stereocenters. The SMILES string of the molecule is C[Si](C)(C)[Si](C)(S[Si](C)([Si](C)(C)C)[Si](C)(C)C)[Si](C)(C)C. The van der Waals surface area contributed by atoms with Crippen molar-refractivity contribution in [1.82, 2.24) is 0 Å². The van der Waals surface area contributed by atoms with E-state index in [0.717, 1.165) is 0 Å². The van der Waals surface area contributed by atoms with Crippen molar-refractivity contribution in [2.24, 2.45) is 0 Å². The quantitative estimate of drug-likeness (QED) is 0.448. The fourth-order valence-corrected chi connectivity index (χ4v) is 154. The normalized spacial score (nSPS) is 16.3. The van der Waals surface area contributed by atoms with Gasteiger partial charge < -0.3 is 0 Å². The Labute approximate surface area is 144 Å². The van der Waals surface area contributed by atoms with E-state index in [1.807, 2.05) is 0 Å². The zero-order valence-electron chi connectivity index (χ0n) is 17.4. The summed E-state index contributed by atoms with van der Waals surface area (Å²) in [5.74, 6) is 0. The summed E-state index contributed by atoms with van der Waals surface area (Å²) < 4.78 is 0. The number of hydrogen-bond acceptors (Lipinski definition) is 1. The molecule has 0 spiro atoms. The van der Waals surface area contributed by atoms with Crippen LogP contribution in [-0.4, -0.2) is 42.9 Å². The molecule has 0 fully saturated rings. The van der Waals surface area contributed by atoms with Crippen molar-refractivity contribution >= 4 is 53.5 Å². The molecule has 21 heavy (non-hydrogen) atoms. The van der Waals surface area contributed by atoms with Crippen molar-refractivity contribution < 1.29 is 0 Å². The molecule has 0 aromatic carbocycles. The van der Waals surface area contributed by atoms with Gasteiger partial charge in [-0.1, -0.05) is 91.7 Å². The van der Waals surface area contributed by atoms with E-state index in [9.17, 15) is 0 Å². The maximum atomic E-state index is 2.82. The molecule has 0 bridgehead atoms. The average Bonchev–Trinajstić information content (AvgIpc) is 2.09. The topological polar surface area (TPSA) is 0 Å². The van der Waals surface area contributed by atoms with Crippen LogP contribution >= 0.6 is 10.7 Å². The molecule has 0 nitrogen and oxygen atoms in total. The van der Waals surface area contributed by atoms with Crippen molar-refractivity contribution in [2.75, 3.05) is 0 Å². The van der Waals surface area contributed by atoms with Crippen LogP contribution in [0.4, 0.5) is 0 Å². The number of rotatable bonds is 6. The first-order valence-corrected chi connectivity index (χ1v) is 33.7. The highest BCUT2D eigenvalue weighted by Gasteiger charge is 2.60. The Hall–Kier alpha value is 1.65. The lowest BCUT2D eigenvalue weighted by Gasteiger charge is -2.57. The van der Waals surface area contributed by atoms with Crippen molar-refractivity contribution in [3.63, 3.8) is 0 Å². The van der Waals surface area contributed by atoms with Gasteiger partial charge in [0, 0.05) is 30.4 Å². The molecule has 0 N–H and O–H groups in total. The molecule has 0 aliphatic carbocycles. The highest BCUT2D eigenvalue weighted by molar-refractivity contribution is 8.65. The van der Waals surface area contributed by atoms with E-state index >= 15 is 0 Å². The fourth-order valence-electron chi connectivity index (χ4n) is 3.27. The Morgan fingerprint density at radius 3 is 0.571 bits per heavy atom. The first-order valence-electron chi connectivity index (χ1n) is 8.41. The Morgan fingerprint density at radius 1 is 0.333 bits per heavy atom. The second-order valence-corrected chi connectivity index (χ2v) is 78.2. The third-order valence-corrected chi connectivity index (χ3v) is 123. The molecule has 7 heteroatoms. The van der Waals surface area contributed by atoms with Crippen LogP contribution in [0, 0.1) is 0 Å². The highest BCUT2D eigenvalue weighted by Crippen LogP contribution is 2.48. The van der Waals surface area contributed by atoms with Crippen LogP contribution < -0.4 is 0 Å². The van der Waals surface area contributed by atoms with Gasteiger partial charge >= 0.3 is 0 Å². The van der Waals surface area contributed by atoms with E-state index in [2.05, 4.69) is 102 Å². The van der Waals surface area contributed by atoms with Crippen molar-refractivity contribution in [2.45, 2.75) is 91.7 Å². The standard InChI is InChI=1S/C14H42SSi6/c1-16(2,3)20(13,17(4,5)6)15-21(14,18(7,8)9)19(10,11)12/h1-14H3. The molecule has 0 radical (unpaired) electrons. The Morgan fingerprint density at radius 2 is 0.476 bits per heavy atom. The van der Waals surface area contributed by atoms with Gasteiger partial charge in [0.1, 0.15) is 0 Å². The molecular weight excluding hydrogens is 369 g/mol. The predicted molar refractivity (Wildman–Crippen MR) is 124 cm³/mol. The zero-order chi connectivity index (χ0) is 17.7. The molecule has 0 rings (SSSR count). The third kappa shape index (κ3) is 4.39. The van der Waals surface area contributed by atoms with Crippen LogP contribution in [0.5, 0.6) is 0 Å². The molecule has 0 amide bonds. The van der Waals surface area contributed by atoms with E-state index in [4.69, 9.17) is 0 Å². The average molecular weight is 411 g/mol. The van der Waals surface area contributed by atoms with Gasteiger partial charge in [-0.2, -0.15) is 0 Å². The van der Waals surface area contributed by atoms with E-state index in [-0.39, 0.29) is 0 Å². The van der Waals surface area contributed by atoms with Gasteiger partial charge in [0.25, 0.3) is 0 Å². The van der Waals surface area contributed by atoms with Crippen LogP contribution in [-0.2, 0) is 0 Å². The zero-order valence-corrected chi connectivity index (χ0v) is 24.2. The van der Waals surface area contributed by atoms with E-state index < -0.39 is 42.9 Å². The Bertz CT molecular complexity index is 303. The molecule has 128 valence electrons. The lowest BCUT2D eigenvalue weighted by molar-refractivity contribution is 1.76. The van der Waals surface area contributed by atoms with Gasteiger partial charge in [0.15, 0.2) is 0 Å². The molecule has 0 aromatic rings. The minimum atomic E-state index is -1.18. The lowest BCUT2D eigenvalue weighted by atomic mass is 11.8. The second-order valence-electron chi connectivity index (χ2n) is 11.2. The molecule has 0 aliphatic rings. The van der Waals surface area contributed by atoms with Gasteiger partial charge in [-0.15, -0.1) is 0 Å². The summed E-state index contributed by atoms with van der Waals surface area (Å²) in [6.45, 7) is 37.9. The van der Waals surface area contributed by atoms with Gasteiger partial charge in [-0.25, -0.2) is 10.7 Å². The maximum absolute atomic E-state index is 2.82. The van der Waals surface area contributed by atoms with Gasteiger partial charge in [-0.05, 0) is 0 Å². The molecule has 0 aromatic heterocycles. The Kier molecular flexibility index (Phi) is 6.67. The summed E-state index contributed by atoms with van der Waals surface area (Å²) in [5, 5.41) is 0. The van der Waals surface area contributed by atoms with Crippen molar-refractivity contribution in [3.05, 3.63) is 0 Å². The summed E-state index contributed by atoms with van der Waals surface area (Å²) in [4.78, 5) is 0. The smallest absolute Gasteiger partial charge is 0.0904 e.